The molecule has 5 nitrogen and oxygen atoms in total. The van der Waals surface area contributed by atoms with Gasteiger partial charge in [0.15, 0.2) is 0 Å². The van der Waals surface area contributed by atoms with Gasteiger partial charge in [-0.15, -0.1) is 22.9 Å². The molecule has 2 heterocycles. The van der Waals surface area contributed by atoms with Crippen LogP contribution in [0.15, 0.2) is 11.4 Å². The van der Waals surface area contributed by atoms with Crippen LogP contribution in [0, 0.1) is 6.92 Å². The minimum atomic E-state index is -0.494. The van der Waals surface area contributed by atoms with Crippen LogP contribution in [0.1, 0.15) is 38.8 Å². The molecular formula is C20H28ClNO4S. The topological polar surface area (TPSA) is 55.8 Å². The van der Waals surface area contributed by atoms with Crippen LogP contribution in [0.4, 0.5) is 10.5 Å². The average molecular weight is 414 g/mol. The number of benzene rings is 1. The second kappa shape index (κ2) is 9.95. The molecule has 1 aliphatic heterocycles. The summed E-state index contributed by atoms with van der Waals surface area (Å²) in [6.07, 6.45) is 2.78. The maximum atomic E-state index is 12.4. The molecule has 0 atom stereocenters. The van der Waals surface area contributed by atoms with Gasteiger partial charge in [-0.3, -0.25) is 4.90 Å². The molecule has 0 fully saturated rings. The number of alkyl halides is 1. The van der Waals surface area contributed by atoms with Gasteiger partial charge in [-0.05, 0) is 57.5 Å². The monoisotopic (exact) mass is 413 g/mol. The van der Waals surface area contributed by atoms with Gasteiger partial charge in [-0.2, -0.15) is 0 Å². The van der Waals surface area contributed by atoms with E-state index in [0.29, 0.717) is 6.54 Å². The Morgan fingerprint density at radius 2 is 1.93 bits per heavy atom. The van der Waals surface area contributed by atoms with E-state index in [1.165, 1.54) is 29.8 Å². The molecule has 0 saturated heterocycles. The van der Waals surface area contributed by atoms with Gasteiger partial charge < -0.3 is 14.3 Å². The quantitative estimate of drug-likeness (QED) is 0.452. The summed E-state index contributed by atoms with van der Waals surface area (Å²) < 4.78 is 12.2. The number of nitrogens with zero attached hydrogens (tertiary/aromatic N) is 1. The van der Waals surface area contributed by atoms with Crippen molar-refractivity contribution in [2.75, 3.05) is 24.9 Å². The number of methoxy groups -OCH3 is 1. The number of rotatable bonds is 1. The third-order valence-corrected chi connectivity index (χ3v) is 4.90. The average Bonchev–Trinajstić information content (AvgIpc) is 3.18. The minimum absolute atomic E-state index is 0.291. The zero-order valence-electron chi connectivity index (χ0n) is 17.0. The molecule has 7 heteroatoms. The Bertz CT molecular complexity index is 795. The molecule has 1 aliphatic rings. The normalized spacial score (nSPS) is 12.4. The Morgan fingerprint density at radius 1 is 1.33 bits per heavy atom. The maximum Gasteiger partial charge on any atom is 0.414 e. The lowest BCUT2D eigenvalue weighted by atomic mass is 10.0. The first-order chi connectivity index (χ1) is 12.7. The first kappa shape index (κ1) is 23.2. The third kappa shape index (κ3) is 5.36. The van der Waals surface area contributed by atoms with E-state index in [0.717, 1.165) is 28.8 Å². The first-order valence-corrected chi connectivity index (χ1v) is 10.2. The second-order valence-corrected chi connectivity index (χ2v) is 7.70. The van der Waals surface area contributed by atoms with Crippen LogP contribution in [0.2, 0.25) is 0 Å². The highest BCUT2D eigenvalue weighted by Gasteiger charge is 2.31. The summed E-state index contributed by atoms with van der Waals surface area (Å²) in [4.78, 5) is 23.0. The highest BCUT2D eigenvalue weighted by molar-refractivity contribution is 7.17. The highest BCUT2D eigenvalue weighted by atomic mass is 35.5. The molecule has 0 spiro atoms. The number of aldehydes is 1. The summed E-state index contributed by atoms with van der Waals surface area (Å²) in [6, 6.07) is 1.96. The standard InChI is InChI=1S/C17H21NO3S.C2H4O.CH3Cl/c1-10-9-22-15-13(20-5)8-12-11(14(10)15)6-7-18(12)16(19)21-17(2,3)4;1-2-3;1-2/h8-9H,6-7H2,1-5H3;2H,1H3;1H3. The SMILES string of the molecule is CC=O.CCl.COc1cc2c(c3c(C)csc13)CCN2C(=O)OC(C)(C)C. The number of halogens is 1. The number of ether oxygens (including phenoxy) is 2. The molecule has 0 saturated carbocycles. The van der Waals surface area contributed by atoms with Gasteiger partial charge in [0.2, 0.25) is 0 Å². The van der Waals surface area contributed by atoms with Crippen molar-refractivity contribution in [3.05, 3.63) is 22.6 Å². The smallest absolute Gasteiger partial charge is 0.414 e. The van der Waals surface area contributed by atoms with Gasteiger partial charge in [0, 0.05) is 24.4 Å². The van der Waals surface area contributed by atoms with E-state index >= 15 is 0 Å². The fraction of sp³-hybridized carbons (Fsp3) is 0.500. The van der Waals surface area contributed by atoms with Crippen LogP contribution in [0.3, 0.4) is 0 Å². The molecule has 2 aromatic rings. The number of aryl methyl sites for hydroxylation is 1. The Balaban J connectivity index is 0.000000665. The van der Waals surface area contributed by atoms with Crippen LogP contribution >= 0.6 is 22.9 Å². The van der Waals surface area contributed by atoms with Gasteiger partial charge in [0.05, 0.1) is 17.5 Å². The molecular weight excluding hydrogens is 386 g/mol. The summed E-state index contributed by atoms with van der Waals surface area (Å²) >= 11 is 6.33. The lowest BCUT2D eigenvalue weighted by molar-refractivity contribution is -0.106. The predicted octanol–water partition coefficient (Wildman–Crippen LogP) is 5.58. The Hall–Kier alpha value is -1.79. The number of carbonyl (C=O) groups is 2. The van der Waals surface area contributed by atoms with E-state index in [1.807, 2.05) is 26.8 Å². The van der Waals surface area contributed by atoms with Gasteiger partial charge in [-0.1, -0.05) is 0 Å². The fourth-order valence-corrected chi connectivity index (χ4v) is 3.97. The van der Waals surface area contributed by atoms with E-state index < -0.39 is 5.60 Å². The van der Waals surface area contributed by atoms with E-state index in [4.69, 9.17) is 14.3 Å². The highest BCUT2D eigenvalue weighted by Crippen LogP contribution is 2.44. The number of anilines is 1. The number of hydrogen-bond donors (Lipinski definition) is 0. The van der Waals surface area contributed by atoms with E-state index in [9.17, 15) is 4.79 Å². The van der Waals surface area contributed by atoms with E-state index in [2.05, 4.69) is 23.9 Å². The summed E-state index contributed by atoms with van der Waals surface area (Å²) in [7, 11) is 1.67. The Kier molecular flexibility index (Phi) is 8.57. The summed E-state index contributed by atoms with van der Waals surface area (Å²) in [5.74, 6) is 0.822. The molecule has 1 amide bonds. The maximum absolute atomic E-state index is 12.4. The largest absolute Gasteiger partial charge is 0.495 e. The molecule has 1 aromatic heterocycles. The second-order valence-electron chi connectivity index (χ2n) is 6.82. The predicted molar refractivity (Wildman–Crippen MR) is 114 cm³/mol. The van der Waals surface area contributed by atoms with Crippen LogP contribution < -0.4 is 9.64 Å². The van der Waals surface area contributed by atoms with Gasteiger partial charge in [0.1, 0.15) is 17.6 Å². The summed E-state index contributed by atoms with van der Waals surface area (Å²) in [5, 5.41) is 3.37. The van der Waals surface area contributed by atoms with Crippen LogP contribution in [0.5, 0.6) is 5.75 Å². The molecule has 0 unspecified atom stereocenters. The van der Waals surface area contributed by atoms with Crippen molar-refractivity contribution >= 4 is 51.1 Å². The minimum Gasteiger partial charge on any atom is -0.495 e. The number of carbonyl (C=O) groups excluding carboxylic acids is 2. The van der Waals surface area contributed by atoms with Crippen LogP contribution in [-0.4, -0.2) is 38.0 Å². The number of fused-ring (bicyclic) bond motifs is 3. The van der Waals surface area contributed by atoms with Crippen molar-refractivity contribution in [3.63, 3.8) is 0 Å². The number of amides is 1. The fourth-order valence-electron chi connectivity index (χ4n) is 2.90. The molecule has 3 rings (SSSR count). The summed E-state index contributed by atoms with van der Waals surface area (Å²) in [5.41, 5.74) is 2.88. The van der Waals surface area contributed by atoms with Crippen molar-refractivity contribution < 1.29 is 19.1 Å². The lowest BCUT2D eigenvalue weighted by Gasteiger charge is -2.25. The van der Waals surface area contributed by atoms with Gasteiger partial charge in [0.25, 0.3) is 0 Å². The van der Waals surface area contributed by atoms with Crippen molar-refractivity contribution in [2.45, 2.75) is 46.6 Å². The summed E-state index contributed by atoms with van der Waals surface area (Å²) in [6.45, 7) is 9.86. The number of thiophene rings is 1. The van der Waals surface area contributed by atoms with Gasteiger partial charge in [-0.25, -0.2) is 4.79 Å². The van der Waals surface area contributed by atoms with Crippen molar-refractivity contribution in [1.29, 1.82) is 0 Å². The molecule has 27 heavy (non-hydrogen) atoms. The Labute approximate surface area is 170 Å². The molecule has 0 N–H and O–H groups in total. The van der Waals surface area contributed by atoms with Crippen molar-refractivity contribution in [2.24, 2.45) is 0 Å². The molecule has 150 valence electrons. The lowest BCUT2D eigenvalue weighted by Crippen LogP contribution is -2.35. The van der Waals surface area contributed by atoms with Crippen LogP contribution in [-0.2, 0) is 16.0 Å². The van der Waals surface area contributed by atoms with Crippen molar-refractivity contribution in [3.8, 4) is 5.75 Å². The van der Waals surface area contributed by atoms with Crippen molar-refractivity contribution in [1.82, 2.24) is 0 Å². The first-order valence-electron chi connectivity index (χ1n) is 8.59. The zero-order valence-corrected chi connectivity index (χ0v) is 18.6. The van der Waals surface area contributed by atoms with E-state index in [-0.39, 0.29) is 6.09 Å². The molecule has 1 aromatic carbocycles. The molecule has 0 radical (unpaired) electrons. The molecule has 0 bridgehead atoms. The molecule has 0 aliphatic carbocycles. The Morgan fingerprint density at radius 3 is 2.44 bits per heavy atom. The van der Waals surface area contributed by atoms with Crippen LogP contribution in [0.25, 0.3) is 10.1 Å². The van der Waals surface area contributed by atoms with E-state index in [1.54, 1.807) is 23.3 Å². The zero-order chi connectivity index (χ0) is 20.8. The number of hydrogen-bond acceptors (Lipinski definition) is 5. The third-order valence-electron chi connectivity index (χ3n) is 3.79. The van der Waals surface area contributed by atoms with Gasteiger partial charge >= 0.3 is 6.09 Å².